The first-order valence-corrected chi connectivity index (χ1v) is 6.75. The standard InChI is InChI=1S/C8H8BrN5S2/c1-4-13-8(16-14-4)15-7-5(9)6(10-2)11-3-12-7/h3H,1-2H3,(H,10,11,12). The predicted octanol–water partition coefficient (Wildman–Crippen LogP) is 2.59. The van der Waals surface area contributed by atoms with Crippen LogP contribution in [-0.4, -0.2) is 26.4 Å². The van der Waals surface area contributed by atoms with Crippen molar-refractivity contribution in [3.8, 4) is 0 Å². The Balaban J connectivity index is 2.28. The van der Waals surface area contributed by atoms with Gasteiger partial charge in [-0.3, -0.25) is 0 Å². The van der Waals surface area contributed by atoms with Crippen LogP contribution in [0.2, 0.25) is 0 Å². The van der Waals surface area contributed by atoms with E-state index in [2.05, 4.69) is 40.6 Å². The van der Waals surface area contributed by atoms with Crippen molar-refractivity contribution in [2.75, 3.05) is 12.4 Å². The van der Waals surface area contributed by atoms with Crippen LogP contribution in [-0.2, 0) is 0 Å². The third-order valence-electron chi connectivity index (χ3n) is 1.69. The van der Waals surface area contributed by atoms with Gasteiger partial charge in [-0.05, 0) is 46.1 Å². The van der Waals surface area contributed by atoms with Gasteiger partial charge in [0.2, 0.25) is 0 Å². The molecule has 0 amide bonds. The summed E-state index contributed by atoms with van der Waals surface area (Å²) in [6, 6.07) is 0. The fourth-order valence-electron chi connectivity index (χ4n) is 1.00. The highest BCUT2D eigenvalue weighted by molar-refractivity contribution is 9.10. The highest BCUT2D eigenvalue weighted by atomic mass is 79.9. The van der Waals surface area contributed by atoms with Gasteiger partial charge in [0.1, 0.15) is 23.0 Å². The molecule has 0 spiro atoms. The summed E-state index contributed by atoms with van der Waals surface area (Å²) in [5, 5.41) is 3.81. The SMILES string of the molecule is CNc1ncnc(Sc2nc(C)ns2)c1Br. The van der Waals surface area contributed by atoms with Gasteiger partial charge < -0.3 is 5.32 Å². The van der Waals surface area contributed by atoms with Gasteiger partial charge in [-0.1, -0.05) is 0 Å². The number of anilines is 1. The molecule has 0 aliphatic heterocycles. The highest BCUT2D eigenvalue weighted by Gasteiger charge is 2.11. The van der Waals surface area contributed by atoms with Crippen molar-refractivity contribution in [2.24, 2.45) is 0 Å². The van der Waals surface area contributed by atoms with Crippen LogP contribution in [0.4, 0.5) is 5.82 Å². The zero-order valence-electron chi connectivity index (χ0n) is 8.56. The minimum absolute atomic E-state index is 0.763. The molecule has 0 unspecified atom stereocenters. The van der Waals surface area contributed by atoms with E-state index in [-0.39, 0.29) is 0 Å². The van der Waals surface area contributed by atoms with Gasteiger partial charge in [0.05, 0.1) is 4.47 Å². The summed E-state index contributed by atoms with van der Waals surface area (Å²) in [4.78, 5) is 12.6. The molecule has 0 aromatic carbocycles. The van der Waals surface area contributed by atoms with Crippen molar-refractivity contribution >= 4 is 45.0 Å². The monoisotopic (exact) mass is 317 g/mol. The van der Waals surface area contributed by atoms with E-state index in [4.69, 9.17) is 0 Å². The first-order chi connectivity index (χ1) is 7.70. The van der Waals surface area contributed by atoms with Crippen molar-refractivity contribution in [3.63, 3.8) is 0 Å². The number of hydrogen-bond acceptors (Lipinski definition) is 7. The first-order valence-electron chi connectivity index (χ1n) is 4.37. The van der Waals surface area contributed by atoms with Crippen molar-refractivity contribution < 1.29 is 0 Å². The van der Waals surface area contributed by atoms with Gasteiger partial charge in [-0.15, -0.1) is 0 Å². The fraction of sp³-hybridized carbons (Fsp3) is 0.250. The number of aromatic nitrogens is 4. The van der Waals surface area contributed by atoms with Gasteiger partial charge in [0, 0.05) is 7.05 Å². The summed E-state index contributed by atoms with van der Waals surface area (Å²) < 4.78 is 5.84. The Kier molecular flexibility index (Phi) is 3.72. The average Bonchev–Trinajstić information content (AvgIpc) is 2.67. The van der Waals surface area contributed by atoms with Crippen LogP contribution >= 0.6 is 39.2 Å². The normalized spacial score (nSPS) is 10.4. The number of nitrogens with one attached hydrogen (secondary N) is 1. The van der Waals surface area contributed by atoms with E-state index in [0.717, 1.165) is 25.5 Å². The van der Waals surface area contributed by atoms with Crippen LogP contribution in [0, 0.1) is 6.92 Å². The molecule has 0 aliphatic rings. The Morgan fingerprint density at radius 1 is 1.44 bits per heavy atom. The molecule has 2 rings (SSSR count). The molecule has 0 saturated carbocycles. The molecule has 0 radical (unpaired) electrons. The molecular weight excluding hydrogens is 310 g/mol. The number of nitrogens with zero attached hydrogens (tertiary/aromatic N) is 4. The minimum atomic E-state index is 0.763. The lowest BCUT2D eigenvalue weighted by Crippen LogP contribution is -1.96. The van der Waals surface area contributed by atoms with Gasteiger partial charge >= 0.3 is 0 Å². The zero-order valence-corrected chi connectivity index (χ0v) is 11.8. The summed E-state index contributed by atoms with van der Waals surface area (Å²) in [5.74, 6) is 1.55. The van der Waals surface area contributed by atoms with Crippen molar-refractivity contribution in [3.05, 3.63) is 16.6 Å². The molecule has 2 aromatic rings. The molecule has 1 N–H and O–H groups in total. The van der Waals surface area contributed by atoms with Gasteiger partial charge in [0.25, 0.3) is 0 Å². The smallest absolute Gasteiger partial charge is 0.176 e. The van der Waals surface area contributed by atoms with Crippen LogP contribution in [0.25, 0.3) is 0 Å². The minimum Gasteiger partial charge on any atom is -0.372 e. The lowest BCUT2D eigenvalue weighted by molar-refractivity contribution is 1.02. The second-order valence-electron chi connectivity index (χ2n) is 2.80. The second-order valence-corrected chi connectivity index (χ2v) is 5.58. The van der Waals surface area contributed by atoms with Gasteiger partial charge in [-0.2, -0.15) is 4.37 Å². The van der Waals surface area contributed by atoms with Crippen LogP contribution in [0.3, 0.4) is 0 Å². The molecule has 84 valence electrons. The van der Waals surface area contributed by atoms with E-state index in [0.29, 0.717) is 0 Å². The van der Waals surface area contributed by atoms with E-state index in [1.807, 2.05) is 14.0 Å². The third-order valence-corrected chi connectivity index (χ3v) is 4.55. The summed E-state index contributed by atoms with van der Waals surface area (Å²) in [6.07, 6.45) is 1.52. The highest BCUT2D eigenvalue weighted by Crippen LogP contribution is 2.35. The molecule has 0 saturated heterocycles. The summed E-state index contributed by atoms with van der Waals surface area (Å²) in [7, 11) is 1.82. The fourth-order valence-corrected chi connectivity index (χ4v) is 3.20. The molecule has 2 heterocycles. The summed E-state index contributed by atoms with van der Waals surface area (Å²) >= 11 is 6.29. The van der Waals surface area contributed by atoms with Crippen LogP contribution in [0.15, 0.2) is 20.2 Å². The maximum atomic E-state index is 4.27. The molecule has 8 heteroatoms. The molecule has 0 fully saturated rings. The van der Waals surface area contributed by atoms with Crippen LogP contribution in [0.1, 0.15) is 5.82 Å². The quantitative estimate of drug-likeness (QED) is 0.878. The Hall–Kier alpha value is -0.730. The number of aryl methyl sites for hydroxylation is 1. The Labute approximate surface area is 109 Å². The summed E-state index contributed by atoms with van der Waals surface area (Å²) in [6.45, 7) is 1.87. The lowest BCUT2D eigenvalue weighted by Gasteiger charge is -2.04. The Bertz CT molecular complexity index is 501. The Morgan fingerprint density at radius 3 is 2.88 bits per heavy atom. The Morgan fingerprint density at radius 2 is 2.25 bits per heavy atom. The van der Waals surface area contributed by atoms with Gasteiger partial charge in [0.15, 0.2) is 4.34 Å². The molecule has 5 nitrogen and oxygen atoms in total. The van der Waals surface area contributed by atoms with Gasteiger partial charge in [-0.25, -0.2) is 15.0 Å². The molecule has 2 aromatic heterocycles. The summed E-state index contributed by atoms with van der Waals surface area (Å²) in [5.41, 5.74) is 0. The van der Waals surface area contributed by atoms with Crippen molar-refractivity contribution in [2.45, 2.75) is 16.3 Å². The predicted molar refractivity (Wildman–Crippen MR) is 68.0 cm³/mol. The molecule has 0 aliphatic carbocycles. The zero-order chi connectivity index (χ0) is 11.5. The van der Waals surface area contributed by atoms with E-state index >= 15 is 0 Å². The van der Waals surface area contributed by atoms with E-state index in [1.165, 1.54) is 29.6 Å². The lowest BCUT2D eigenvalue weighted by atomic mass is 10.6. The van der Waals surface area contributed by atoms with E-state index in [1.54, 1.807) is 0 Å². The van der Waals surface area contributed by atoms with E-state index in [9.17, 15) is 0 Å². The topological polar surface area (TPSA) is 63.6 Å². The number of halogens is 1. The number of hydrogen-bond donors (Lipinski definition) is 1. The molecule has 0 atom stereocenters. The van der Waals surface area contributed by atoms with Crippen LogP contribution < -0.4 is 5.32 Å². The maximum absolute atomic E-state index is 4.27. The van der Waals surface area contributed by atoms with Crippen molar-refractivity contribution in [1.82, 2.24) is 19.3 Å². The van der Waals surface area contributed by atoms with E-state index < -0.39 is 0 Å². The van der Waals surface area contributed by atoms with Crippen LogP contribution in [0.5, 0.6) is 0 Å². The largest absolute Gasteiger partial charge is 0.372 e. The third kappa shape index (κ3) is 2.50. The molecular formula is C8H8BrN5S2. The average molecular weight is 318 g/mol. The second kappa shape index (κ2) is 5.07. The van der Waals surface area contributed by atoms with Crippen molar-refractivity contribution in [1.29, 1.82) is 0 Å². The molecule has 0 bridgehead atoms. The maximum Gasteiger partial charge on any atom is 0.176 e. The number of rotatable bonds is 3. The molecule has 16 heavy (non-hydrogen) atoms. The first kappa shape index (κ1) is 11.7.